The van der Waals surface area contributed by atoms with E-state index in [1.807, 2.05) is 13.8 Å². The predicted molar refractivity (Wildman–Crippen MR) is 95.1 cm³/mol. The van der Waals surface area contributed by atoms with Gasteiger partial charge in [0.05, 0.1) is 18.9 Å². The van der Waals surface area contributed by atoms with Crippen molar-refractivity contribution in [1.82, 2.24) is 9.29 Å². The lowest BCUT2D eigenvalue weighted by molar-refractivity contribution is -0.145. The van der Waals surface area contributed by atoms with Crippen molar-refractivity contribution in [3.8, 4) is 5.75 Å². The minimum atomic E-state index is -3.66. The Morgan fingerprint density at radius 1 is 1.28 bits per heavy atom. The molecule has 7 heteroatoms. The maximum Gasteiger partial charge on any atom is 0.248 e. The zero-order valence-corrected chi connectivity index (χ0v) is 16.1. The quantitative estimate of drug-likeness (QED) is 0.740. The molecule has 0 bridgehead atoms. The predicted octanol–water partition coefficient (Wildman–Crippen LogP) is 2.84. The molecule has 25 heavy (non-hydrogen) atoms. The van der Waals surface area contributed by atoms with Crippen molar-refractivity contribution in [2.75, 3.05) is 20.3 Å². The Balaban J connectivity index is 1.89. The second-order valence-corrected chi connectivity index (χ2v) is 8.88. The number of rotatable bonds is 7. The summed E-state index contributed by atoms with van der Waals surface area (Å²) in [5.74, 6) is 0.366. The largest absolute Gasteiger partial charge is 0.492 e. The van der Waals surface area contributed by atoms with Gasteiger partial charge >= 0.3 is 0 Å². The highest BCUT2D eigenvalue weighted by atomic mass is 32.2. The summed E-state index contributed by atoms with van der Waals surface area (Å²) in [7, 11) is -1.98. The second kappa shape index (κ2) is 7.21. The number of hydrogen-bond donors (Lipinski definition) is 0. The summed E-state index contributed by atoms with van der Waals surface area (Å²) in [6.07, 6.45) is 8.22. The minimum Gasteiger partial charge on any atom is -0.492 e. The first-order valence-corrected chi connectivity index (χ1v) is 10.6. The summed E-state index contributed by atoms with van der Waals surface area (Å²) in [6, 6.07) is 1.59. The Morgan fingerprint density at radius 3 is 2.64 bits per heavy atom. The molecule has 2 aliphatic carbocycles. The van der Waals surface area contributed by atoms with Crippen molar-refractivity contribution in [1.29, 1.82) is 0 Å². The molecule has 2 aliphatic rings. The third-order valence-corrected chi connectivity index (χ3v) is 7.66. The van der Waals surface area contributed by atoms with Crippen molar-refractivity contribution >= 4 is 10.0 Å². The summed E-state index contributed by atoms with van der Waals surface area (Å²) in [5.41, 5.74) is -0.0359. The first-order chi connectivity index (χ1) is 12.0. The van der Waals surface area contributed by atoms with Gasteiger partial charge in [-0.15, -0.1) is 0 Å². The summed E-state index contributed by atoms with van der Waals surface area (Å²) in [4.78, 5) is 4.15. The van der Waals surface area contributed by atoms with Crippen LogP contribution < -0.4 is 4.74 Å². The van der Waals surface area contributed by atoms with Crippen LogP contribution in [-0.4, -0.2) is 50.1 Å². The van der Waals surface area contributed by atoms with Gasteiger partial charge in [0.25, 0.3) is 0 Å². The van der Waals surface area contributed by atoms with E-state index in [1.165, 1.54) is 10.5 Å². The van der Waals surface area contributed by atoms with Gasteiger partial charge in [-0.1, -0.05) is 12.8 Å². The zero-order chi connectivity index (χ0) is 18.1. The minimum absolute atomic E-state index is 0.0220. The second-order valence-electron chi connectivity index (χ2n) is 6.91. The van der Waals surface area contributed by atoms with E-state index in [-0.39, 0.29) is 22.5 Å². The van der Waals surface area contributed by atoms with Crippen LogP contribution in [0.5, 0.6) is 5.75 Å². The molecule has 2 saturated carbocycles. The standard InChI is InChI=1S/C18H28N2O4S/c1-4-23-14-8-11-19-13-15(14)25(21,22)20(3)16-12-17(24-5-2)18(16)9-6-7-10-18/h8,11,13,16-17H,4-7,9-10,12H2,1-3H3. The summed E-state index contributed by atoms with van der Waals surface area (Å²) in [5, 5.41) is 0. The third kappa shape index (κ3) is 3.06. The monoisotopic (exact) mass is 368 g/mol. The summed E-state index contributed by atoms with van der Waals surface area (Å²) in [6.45, 7) is 4.93. The third-order valence-electron chi connectivity index (χ3n) is 5.79. The van der Waals surface area contributed by atoms with Gasteiger partial charge in [-0.3, -0.25) is 4.98 Å². The highest BCUT2D eigenvalue weighted by Gasteiger charge is 2.59. The number of nitrogens with zero attached hydrogens (tertiary/aromatic N) is 2. The summed E-state index contributed by atoms with van der Waals surface area (Å²) < 4.78 is 39.4. The van der Waals surface area contributed by atoms with E-state index >= 15 is 0 Å². The van der Waals surface area contributed by atoms with Crippen LogP contribution in [0.3, 0.4) is 0 Å². The Kier molecular flexibility index (Phi) is 5.37. The molecule has 0 aliphatic heterocycles. The molecule has 140 valence electrons. The van der Waals surface area contributed by atoms with Crippen molar-refractivity contribution in [2.45, 2.75) is 63.0 Å². The molecule has 0 amide bonds. The van der Waals surface area contributed by atoms with E-state index in [4.69, 9.17) is 9.47 Å². The number of ether oxygens (including phenoxy) is 2. The first-order valence-electron chi connectivity index (χ1n) is 9.13. The summed E-state index contributed by atoms with van der Waals surface area (Å²) >= 11 is 0. The van der Waals surface area contributed by atoms with E-state index in [2.05, 4.69) is 4.98 Å². The Morgan fingerprint density at radius 2 is 2.00 bits per heavy atom. The molecule has 2 unspecified atom stereocenters. The maximum absolute atomic E-state index is 13.2. The molecule has 0 aromatic carbocycles. The number of aromatic nitrogens is 1. The lowest BCUT2D eigenvalue weighted by Gasteiger charge is -2.56. The molecule has 1 heterocycles. The van der Waals surface area contributed by atoms with Crippen LogP contribution in [0.2, 0.25) is 0 Å². The fourth-order valence-corrected chi connectivity index (χ4v) is 6.04. The van der Waals surface area contributed by atoms with Crippen LogP contribution in [0, 0.1) is 5.41 Å². The Bertz CT molecular complexity index is 701. The molecule has 0 N–H and O–H groups in total. The van der Waals surface area contributed by atoms with Crippen molar-refractivity contribution in [2.24, 2.45) is 5.41 Å². The molecule has 1 aromatic rings. The van der Waals surface area contributed by atoms with Crippen molar-refractivity contribution in [3.63, 3.8) is 0 Å². The van der Waals surface area contributed by atoms with Gasteiger partial charge in [0, 0.05) is 31.3 Å². The van der Waals surface area contributed by atoms with Gasteiger partial charge in [0.1, 0.15) is 10.6 Å². The van der Waals surface area contributed by atoms with Crippen molar-refractivity contribution < 1.29 is 17.9 Å². The van der Waals surface area contributed by atoms with Crippen LogP contribution in [0.15, 0.2) is 23.4 Å². The molecule has 3 rings (SSSR count). The Labute approximate surface area is 150 Å². The molecule has 0 saturated heterocycles. The first kappa shape index (κ1) is 18.6. The van der Waals surface area contributed by atoms with Crippen LogP contribution in [0.25, 0.3) is 0 Å². The molecule has 0 radical (unpaired) electrons. The highest BCUT2D eigenvalue weighted by Crippen LogP contribution is 2.57. The van der Waals surface area contributed by atoms with Gasteiger partial charge in [-0.2, -0.15) is 4.31 Å². The maximum atomic E-state index is 13.2. The lowest BCUT2D eigenvalue weighted by Crippen LogP contribution is -2.63. The van der Waals surface area contributed by atoms with Crippen molar-refractivity contribution in [3.05, 3.63) is 18.5 Å². The average Bonchev–Trinajstić information content (AvgIpc) is 3.11. The molecule has 6 nitrogen and oxygen atoms in total. The van der Waals surface area contributed by atoms with Crippen LogP contribution >= 0.6 is 0 Å². The Hall–Kier alpha value is -1.18. The number of hydrogen-bond acceptors (Lipinski definition) is 5. The van der Waals surface area contributed by atoms with Crippen LogP contribution in [0.4, 0.5) is 0 Å². The molecule has 2 fully saturated rings. The van der Waals surface area contributed by atoms with Crippen LogP contribution in [-0.2, 0) is 14.8 Å². The topological polar surface area (TPSA) is 68.7 Å². The van der Waals surface area contributed by atoms with Gasteiger partial charge in [-0.05, 0) is 39.2 Å². The average molecular weight is 368 g/mol. The lowest BCUT2D eigenvalue weighted by atomic mass is 9.60. The molecular weight excluding hydrogens is 340 g/mol. The highest BCUT2D eigenvalue weighted by molar-refractivity contribution is 7.89. The zero-order valence-electron chi connectivity index (χ0n) is 15.3. The normalized spacial score (nSPS) is 25.3. The van der Waals surface area contributed by atoms with E-state index in [1.54, 1.807) is 19.3 Å². The van der Waals surface area contributed by atoms with Gasteiger partial charge < -0.3 is 9.47 Å². The smallest absolute Gasteiger partial charge is 0.248 e. The van der Waals surface area contributed by atoms with Gasteiger partial charge in [0.2, 0.25) is 10.0 Å². The number of sulfonamides is 1. The molecule has 2 atom stereocenters. The van der Waals surface area contributed by atoms with Gasteiger partial charge in [0.15, 0.2) is 0 Å². The van der Waals surface area contributed by atoms with E-state index in [9.17, 15) is 8.42 Å². The molecule has 1 spiro atoms. The van der Waals surface area contributed by atoms with E-state index in [0.29, 0.717) is 19.0 Å². The molecule has 1 aromatic heterocycles. The van der Waals surface area contributed by atoms with E-state index < -0.39 is 10.0 Å². The fourth-order valence-electron chi connectivity index (χ4n) is 4.52. The van der Waals surface area contributed by atoms with E-state index in [0.717, 1.165) is 32.1 Å². The fraction of sp³-hybridized carbons (Fsp3) is 0.722. The molecular formula is C18H28N2O4S. The van der Waals surface area contributed by atoms with Gasteiger partial charge in [-0.25, -0.2) is 8.42 Å². The SMILES string of the molecule is CCOc1ccncc1S(=O)(=O)N(C)C1CC(OCC)C12CCCC2. The number of pyridine rings is 1. The van der Waals surface area contributed by atoms with Crippen LogP contribution in [0.1, 0.15) is 46.0 Å².